The van der Waals surface area contributed by atoms with Crippen LogP contribution in [0.1, 0.15) is 0 Å². The minimum atomic E-state index is 0.667. The summed E-state index contributed by atoms with van der Waals surface area (Å²) in [5, 5.41) is 0. The van der Waals surface area contributed by atoms with E-state index in [0.717, 1.165) is 83.7 Å². The normalized spacial score (nSPS) is 11.0. The molecular weight excluding hydrogens is 733 g/mol. The van der Waals surface area contributed by atoms with Crippen LogP contribution >= 0.6 is 0 Å². The summed E-state index contributed by atoms with van der Waals surface area (Å²) in [5.41, 5.74) is 15.6. The number of aromatic nitrogens is 6. The van der Waals surface area contributed by atoms with Gasteiger partial charge in [0.15, 0.2) is 17.5 Å². The largest absolute Gasteiger partial charge is 0.237 e. The minimum Gasteiger partial charge on any atom is -0.237 e. The average molecular weight is 769 g/mol. The van der Waals surface area contributed by atoms with E-state index in [1.54, 1.807) is 24.8 Å². The first-order valence-electron chi connectivity index (χ1n) is 19.8. The van der Waals surface area contributed by atoms with Gasteiger partial charge in [0.25, 0.3) is 0 Å². The van der Waals surface area contributed by atoms with E-state index >= 15 is 0 Å². The predicted octanol–water partition coefficient (Wildman–Crippen LogP) is 13.1. The number of hydrogen-bond acceptors (Lipinski definition) is 6. The Kier molecular flexibility index (Phi) is 9.84. The number of hydrogen-bond donors (Lipinski definition) is 0. The Morgan fingerprint density at radius 2 is 0.533 bits per heavy atom. The molecule has 0 amide bonds. The van der Waals surface area contributed by atoms with E-state index in [1.165, 1.54) is 0 Å². The smallest absolute Gasteiger partial charge is 0.160 e. The summed E-state index contributed by atoms with van der Waals surface area (Å²) < 4.78 is 0. The van der Waals surface area contributed by atoms with E-state index in [-0.39, 0.29) is 0 Å². The maximum Gasteiger partial charge on any atom is 0.160 e. The first kappa shape index (κ1) is 36.1. The van der Waals surface area contributed by atoms with Crippen molar-refractivity contribution in [2.75, 3.05) is 0 Å². The SMILES string of the molecule is c1ccc(-c2cc(-c3cccc(-c4cccc(-c5ccc(-c6ncccn6)cc5)c4)c3)nc(-c3cccc(-c4cccc(-c5ccc(-c6ncccn6)cc5)c4)c3)n2)cc1. The zero-order valence-electron chi connectivity index (χ0n) is 32.5. The van der Waals surface area contributed by atoms with Gasteiger partial charge < -0.3 is 0 Å². The van der Waals surface area contributed by atoms with Crippen molar-refractivity contribution in [2.24, 2.45) is 0 Å². The second-order valence-electron chi connectivity index (χ2n) is 14.5. The van der Waals surface area contributed by atoms with E-state index < -0.39 is 0 Å². The summed E-state index contributed by atoms with van der Waals surface area (Å²) in [6.45, 7) is 0. The molecule has 3 heterocycles. The first-order chi connectivity index (χ1) is 29.7. The molecule has 7 aromatic carbocycles. The van der Waals surface area contributed by atoms with Gasteiger partial charge in [-0.2, -0.15) is 0 Å². The van der Waals surface area contributed by atoms with Crippen molar-refractivity contribution in [3.63, 3.8) is 0 Å². The third-order valence-corrected chi connectivity index (χ3v) is 10.6. The zero-order chi connectivity index (χ0) is 40.1. The average Bonchev–Trinajstić information content (AvgIpc) is 3.35. The molecule has 0 unspecified atom stereocenters. The molecule has 0 radical (unpaired) electrons. The Morgan fingerprint density at radius 3 is 1.00 bits per heavy atom. The van der Waals surface area contributed by atoms with Crippen molar-refractivity contribution in [1.29, 1.82) is 0 Å². The topological polar surface area (TPSA) is 77.3 Å². The lowest BCUT2D eigenvalue weighted by Crippen LogP contribution is -1.96. The lowest BCUT2D eigenvalue weighted by atomic mass is 9.96. The highest BCUT2D eigenvalue weighted by Gasteiger charge is 2.14. The van der Waals surface area contributed by atoms with Crippen molar-refractivity contribution in [3.05, 3.63) is 219 Å². The molecule has 0 N–H and O–H groups in total. The third-order valence-electron chi connectivity index (χ3n) is 10.6. The Hall–Kier alpha value is -8.22. The Balaban J connectivity index is 0.973. The fraction of sp³-hybridized carbons (Fsp3) is 0. The lowest BCUT2D eigenvalue weighted by Gasteiger charge is -2.12. The van der Waals surface area contributed by atoms with Gasteiger partial charge in [-0.05, 0) is 87.0 Å². The Morgan fingerprint density at radius 1 is 0.200 bits per heavy atom. The van der Waals surface area contributed by atoms with Gasteiger partial charge in [0.2, 0.25) is 0 Å². The molecule has 10 aromatic rings. The molecule has 6 nitrogen and oxygen atoms in total. The first-order valence-corrected chi connectivity index (χ1v) is 19.8. The molecule has 6 heteroatoms. The Labute approximate surface area is 348 Å². The van der Waals surface area contributed by atoms with Gasteiger partial charge in [-0.15, -0.1) is 0 Å². The Bertz CT molecular complexity index is 2870. The van der Waals surface area contributed by atoms with E-state index in [9.17, 15) is 0 Å². The molecule has 0 aliphatic carbocycles. The lowest BCUT2D eigenvalue weighted by molar-refractivity contribution is 1.18. The van der Waals surface area contributed by atoms with Crippen LogP contribution in [-0.2, 0) is 0 Å². The van der Waals surface area contributed by atoms with Gasteiger partial charge in [-0.25, -0.2) is 29.9 Å². The number of rotatable bonds is 9. The molecule has 0 saturated heterocycles. The molecule has 60 heavy (non-hydrogen) atoms. The molecule has 3 aromatic heterocycles. The molecule has 0 aliphatic rings. The van der Waals surface area contributed by atoms with Crippen LogP contribution in [0.3, 0.4) is 0 Å². The van der Waals surface area contributed by atoms with Crippen LogP contribution < -0.4 is 0 Å². The molecule has 10 rings (SSSR count). The van der Waals surface area contributed by atoms with Crippen molar-refractivity contribution in [2.45, 2.75) is 0 Å². The van der Waals surface area contributed by atoms with Crippen LogP contribution in [-0.4, -0.2) is 29.9 Å². The maximum absolute atomic E-state index is 5.23. The van der Waals surface area contributed by atoms with Crippen molar-refractivity contribution in [1.82, 2.24) is 29.9 Å². The van der Waals surface area contributed by atoms with E-state index in [1.807, 2.05) is 30.3 Å². The number of benzene rings is 7. The molecular formula is C54H36N6. The highest BCUT2D eigenvalue weighted by atomic mass is 14.9. The van der Waals surface area contributed by atoms with Crippen molar-refractivity contribution in [3.8, 4) is 101 Å². The summed E-state index contributed by atoms with van der Waals surface area (Å²) in [6.07, 6.45) is 7.06. The predicted molar refractivity (Wildman–Crippen MR) is 242 cm³/mol. The van der Waals surface area contributed by atoms with Crippen molar-refractivity contribution < 1.29 is 0 Å². The molecule has 282 valence electrons. The molecule has 0 spiro atoms. The van der Waals surface area contributed by atoms with Crippen molar-refractivity contribution >= 4 is 0 Å². The van der Waals surface area contributed by atoms with Crippen LogP contribution in [0.15, 0.2) is 219 Å². The van der Waals surface area contributed by atoms with E-state index in [4.69, 9.17) is 9.97 Å². The van der Waals surface area contributed by atoms with Crippen LogP contribution in [0.4, 0.5) is 0 Å². The fourth-order valence-corrected chi connectivity index (χ4v) is 7.45. The van der Waals surface area contributed by atoms with Gasteiger partial charge in [-0.3, -0.25) is 0 Å². The summed E-state index contributed by atoms with van der Waals surface area (Å²) >= 11 is 0. The monoisotopic (exact) mass is 768 g/mol. The van der Waals surface area contributed by atoms with E-state index in [0.29, 0.717) is 17.5 Å². The molecule has 0 bridgehead atoms. The highest BCUT2D eigenvalue weighted by Crippen LogP contribution is 2.34. The molecule has 0 atom stereocenters. The zero-order valence-corrected chi connectivity index (χ0v) is 32.5. The molecule has 0 aliphatic heterocycles. The van der Waals surface area contributed by atoms with Gasteiger partial charge in [0.1, 0.15) is 0 Å². The quantitative estimate of drug-likeness (QED) is 0.145. The summed E-state index contributed by atoms with van der Waals surface area (Å²) in [5.74, 6) is 2.10. The van der Waals surface area contributed by atoms with Crippen LogP contribution in [0, 0.1) is 0 Å². The van der Waals surface area contributed by atoms with Crippen LogP contribution in [0.25, 0.3) is 101 Å². The van der Waals surface area contributed by atoms with Gasteiger partial charge >= 0.3 is 0 Å². The highest BCUT2D eigenvalue weighted by molar-refractivity contribution is 5.80. The maximum atomic E-state index is 5.23. The number of nitrogens with zero attached hydrogens (tertiary/aromatic N) is 6. The molecule has 0 saturated carbocycles. The summed E-state index contributed by atoms with van der Waals surface area (Å²) in [6, 6.07) is 67.2. The standard InChI is InChI=1S/C54H36N6/c1-2-10-39(11-3-1)50-36-51(48-18-6-16-46(34-48)44-14-4-12-42(32-44)37-20-24-40(25-21-37)52-55-28-8-29-56-52)60-54(59-50)49-19-7-17-47(35-49)45-15-5-13-43(33-45)38-22-26-41(27-23-38)53-57-30-9-31-58-53/h1-36H. The third kappa shape index (κ3) is 7.73. The fourth-order valence-electron chi connectivity index (χ4n) is 7.45. The minimum absolute atomic E-state index is 0.667. The van der Waals surface area contributed by atoms with Gasteiger partial charge in [0.05, 0.1) is 11.4 Å². The second kappa shape index (κ2) is 16.3. The molecule has 0 fully saturated rings. The van der Waals surface area contributed by atoms with E-state index in [2.05, 4.69) is 184 Å². The van der Waals surface area contributed by atoms with Gasteiger partial charge in [-0.1, -0.05) is 152 Å². The van der Waals surface area contributed by atoms with Crippen LogP contribution in [0.2, 0.25) is 0 Å². The van der Waals surface area contributed by atoms with Gasteiger partial charge in [0, 0.05) is 52.6 Å². The summed E-state index contributed by atoms with van der Waals surface area (Å²) in [7, 11) is 0. The second-order valence-corrected chi connectivity index (χ2v) is 14.5. The summed E-state index contributed by atoms with van der Waals surface area (Å²) in [4.78, 5) is 28.0. The van der Waals surface area contributed by atoms with Crippen LogP contribution in [0.5, 0.6) is 0 Å².